The number of imide groups is 1. The maximum absolute atomic E-state index is 13.2. The molecule has 15 nitrogen and oxygen atoms in total. The van der Waals surface area contributed by atoms with Crippen molar-refractivity contribution in [2.24, 2.45) is 0 Å². The van der Waals surface area contributed by atoms with Crippen molar-refractivity contribution in [1.82, 2.24) is 30.0 Å². The largest absolute Gasteiger partial charge is 0.494 e. The number of aryl methyl sites for hydroxylation is 1. The van der Waals surface area contributed by atoms with Gasteiger partial charge in [-0.05, 0) is 86.5 Å². The molecule has 1 atom stereocenters. The fourth-order valence-corrected chi connectivity index (χ4v) is 10.6. The van der Waals surface area contributed by atoms with Crippen LogP contribution < -0.4 is 35.8 Å². The van der Waals surface area contributed by atoms with Crippen molar-refractivity contribution in [3.05, 3.63) is 82.5 Å². The smallest absolute Gasteiger partial charge is 0.255 e. The lowest BCUT2D eigenvalue weighted by Crippen LogP contribution is -2.54. The first-order valence-electron chi connectivity index (χ1n) is 21.9. The Bertz CT molecular complexity index is 2410. The molecule has 0 saturated carbocycles. The van der Waals surface area contributed by atoms with Gasteiger partial charge in [0.15, 0.2) is 5.82 Å². The van der Waals surface area contributed by atoms with E-state index >= 15 is 0 Å². The molecule has 3 amide bonds. The standard InChI is InChI=1S/C46H58ClN10O5P/c1-6-30-26-37(50-46-48-28-35(47)43(52-46)49-36-9-7-8-10-41(36)63(4,5)61)40(62-3)27-39(30)56-17-15-32(16-18-56)55-23-21-54(22-24-55)20-19-53(2)33-11-12-34-31(25-33)29-57(45(34)60)38-13-14-42(58)51-44(38)59/h7-12,25-28,32,38H,6,13-24,29H2,1-5H3,(H,51,58,59)(H2,48,49,50,52). The van der Waals surface area contributed by atoms with E-state index < -0.39 is 13.2 Å². The van der Waals surface area contributed by atoms with Gasteiger partial charge in [0, 0.05) is 107 Å². The van der Waals surface area contributed by atoms with Crippen LogP contribution in [0.25, 0.3) is 0 Å². The van der Waals surface area contributed by atoms with Crippen LogP contribution in [0.1, 0.15) is 54.1 Å². The number of carbonyl (C=O) groups excluding carboxylic acids is 3. The molecule has 17 heteroatoms. The minimum absolute atomic E-state index is 0.146. The third-order valence-electron chi connectivity index (χ3n) is 12.9. The minimum Gasteiger partial charge on any atom is -0.494 e. The number of halogens is 1. The maximum Gasteiger partial charge on any atom is 0.255 e. The van der Waals surface area contributed by atoms with Gasteiger partial charge in [-0.1, -0.05) is 30.7 Å². The molecule has 63 heavy (non-hydrogen) atoms. The number of methoxy groups -OCH3 is 1. The molecule has 8 rings (SSSR count). The number of amides is 3. The van der Waals surface area contributed by atoms with E-state index in [0.29, 0.717) is 52.8 Å². The number of para-hydroxylation sites is 1. The molecule has 4 aliphatic rings. The summed E-state index contributed by atoms with van der Waals surface area (Å²) in [5, 5.41) is 10.1. The molecule has 3 saturated heterocycles. The summed E-state index contributed by atoms with van der Waals surface area (Å²) in [5.41, 5.74) is 6.46. The van der Waals surface area contributed by atoms with Crippen molar-refractivity contribution in [3.63, 3.8) is 0 Å². The zero-order valence-corrected chi connectivity index (χ0v) is 38.5. The molecule has 3 fully saturated rings. The number of hydrogen-bond donors (Lipinski definition) is 3. The molecule has 4 aliphatic heterocycles. The zero-order valence-electron chi connectivity index (χ0n) is 36.8. The van der Waals surface area contributed by atoms with Gasteiger partial charge in [-0.2, -0.15) is 4.98 Å². The SMILES string of the molecule is CCc1cc(Nc2ncc(Cl)c(Nc3ccccc3P(C)(C)=O)n2)c(OC)cc1N1CCC(N2CCN(CCN(C)c3ccc4c(c3)CN(C3CCC(=O)NC3=O)C4=O)CC2)CC1. The topological polar surface area (TPSA) is 156 Å². The van der Waals surface area contributed by atoms with E-state index in [2.05, 4.69) is 77.7 Å². The van der Waals surface area contributed by atoms with Gasteiger partial charge in [-0.3, -0.25) is 29.5 Å². The third kappa shape index (κ3) is 9.82. The van der Waals surface area contributed by atoms with E-state index in [0.717, 1.165) is 93.9 Å². The summed E-state index contributed by atoms with van der Waals surface area (Å²) in [4.78, 5) is 58.0. The lowest BCUT2D eigenvalue weighted by molar-refractivity contribution is -0.136. The van der Waals surface area contributed by atoms with Crippen molar-refractivity contribution in [1.29, 1.82) is 0 Å². The lowest BCUT2D eigenvalue weighted by atomic mass is 9.99. The number of ether oxygens (including phenoxy) is 1. The molecule has 3 aromatic carbocycles. The summed E-state index contributed by atoms with van der Waals surface area (Å²) in [6, 6.07) is 17.6. The average Bonchev–Trinajstić information content (AvgIpc) is 3.61. The van der Waals surface area contributed by atoms with Crippen LogP contribution in [-0.2, 0) is 27.1 Å². The monoisotopic (exact) mass is 896 g/mol. The highest BCUT2D eigenvalue weighted by atomic mass is 35.5. The maximum atomic E-state index is 13.2. The summed E-state index contributed by atoms with van der Waals surface area (Å²) in [7, 11) is 1.21. The number of benzene rings is 3. The normalized spacial score (nSPS) is 19.0. The summed E-state index contributed by atoms with van der Waals surface area (Å²) in [6.07, 6.45) is 5.20. The predicted molar refractivity (Wildman–Crippen MR) is 251 cm³/mol. The van der Waals surface area contributed by atoms with Gasteiger partial charge in [0.2, 0.25) is 17.8 Å². The number of likely N-dealkylation sites (N-methyl/N-ethyl adjacent to an activating group) is 1. The Balaban J connectivity index is 0.824. The Morgan fingerprint density at radius 1 is 0.952 bits per heavy atom. The van der Waals surface area contributed by atoms with Gasteiger partial charge in [0.05, 0.1) is 24.7 Å². The average molecular weight is 897 g/mol. The fraction of sp³-hybridized carbons (Fsp3) is 0.457. The second kappa shape index (κ2) is 18.9. The highest BCUT2D eigenvalue weighted by Crippen LogP contribution is 2.40. The van der Waals surface area contributed by atoms with E-state index in [1.54, 1.807) is 31.5 Å². The van der Waals surface area contributed by atoms with Gasteiger partial charge in [-0.25, -0.2) is 4.98 Å². The summed E-state index contributed by atoms with van der Waals surface area (Å²) >= 11 is 6.54. The van der Waals surface area contributed by atoms with Crippen molar-refractivity contribution in [2.75, 3.05) is 100 Å². The molecule has 0 aliphatic carbocycles. The van der Waals surface area contributed by atoms with Gasteiger partial charge >= 0.3 is 0 Å². The molecule has 1 unspecified atom stereocenters. The van der Waals surface area contributed by atoms with Gasteiger partial charge in [0.1, 0.15) is 24.0 Å². The third-order valence-corrected chi connectivity index (χ3v) is 14.8. The number of carbonyl (C=O) groups is 3. The number of piperazine rings is 1. The minimum atomic E-state index is -2.56. The van der Waals surface area contributed by atoms with E-state index in [1.165, 1.54) is 11.3 Å². The highest BCUT2D eigenvalue weighted by molar-refractivity contribution is 7.70. The van der Waals surface area contributed by atoms with Crippen LogP contribution in [0.4, 0.5) is 34.5 Å². The van der Waals surface area contributed by atoms with Crippen LogP contribution in [0.3, 0.4) is 0 Å². The molecule has 1 aromatic heterocycles. The van der Waals surface area contributed by atoms with Crippen molar-refractivity contribution >= 4 is 76.3 Å². The number of piperidine rings is 2. The quantitative estimate of drug-likeness (QED) is 0.101. The molecular formula is C46H58ClN10O5P. The van der Waals surface area contributed by atoms with E-state index in [-0.39, 0.29) is 24.1 Å². The van der Waals surface area contributed by atoms with Crippen LogP contribution in [0.2, 0.25) is 5.02 Å². The van der Waals surface area contributed by atoms with Crippen molar-refractivity contribution in [2.45, 2.75) is 57.7 Å². The molecule has 0 bridgehead atoms. The molecule has 4 aromatic rings. The number of anilines is 6. The summed E-state index contributed by atoms with van der Waals surface area (Å²) in [6.45, 7) is 13.9. The molecular weight excluding hydrogens is 839 g/mol. The Hall–Kier alpha value is -5.21. The van der Waals surface area contributed by atoms with Crippen LogP contribution in [0.15, 0.2) is 60.8 Å². The number of fused-ring (bicyclic) bond motifs is 1. The Morgan fingerprint density at radius 2 is 1.71 bits per heavy atom. The molecule has 3 N–H and O–H groups in total. The number of rotatable bonds is 14. The molecule has 334 valence electrons. The Kier molecular flexibility index (Phi) is 13.3. The van der Waals surface area contributed by atoms with Crippen LogP contribution >= 0.6 is 18.7 Å². The molecule has 0 spiro atoms. The van der Waals surface area contributed by atoms with Gasteiger partial charge < -0.3 is 34.6 Å². The van der Waals surface area contributed by atoms with E-state index in [9.17, 15) is 18.9 Å². The van der Waals surface area contributed by atoms with E-state index in [4.69, 9.17) is 16.3 Å². The van der Waals surface area contributed by atoms with Gasteiger partial charge in [0.25, 0.3) is 5.91 Å². The lowest BCUT2D eigenvalue weighted by Gasteiger charge is -2.43. The van der Waals surface area contributed by atoms with Gasteiger partial charge in [-0.15, -0.1) is 0 Å². The molecule has 0 radical (unpaired) electrons. The first kappa shape index (κ1) is 44.4. The summed E-state index contributed by atoms with van der Waals surface area (Å²) < 4.78 is 18.9. The van der Waals surface area contributed by atoms with Crippen molar-refractivity contribution < 1.29 is 23.7 Å². The van der Waals surface area contributed by atoms with Crippen LogP contribution in [0.5, 0.6) is 5.75 Å². The summed E-state index contributed by atoms with van der Waals surface area (Å²) in [5.74, 6) is 0.652. The first-order valence-corrected chi connectivity index (χ1v) is 24.9. The highest BCUT2D eigenvalue weighted by Gasteiger charge is 2.39. The van der Waals surface area contributed by atoms with Crippen LogP contribution in [-0.4, -0.2) is 134 Å². The van der Waals surface area contributed by atoms with Crippen molar-refractivity contribution in [3.8, 4) is 5.75 Å². The van der Waals surface area contributed by atoms with E-state index in [1.807, 2.05) is 36.4 Å². The number of aromatic nitrogens is 2. The molecule has 5 heterocycles. The second-order valence-corrected chi connectivity index (χ2v) is 20.9. The number of hydrogen-bond acceptors (Lipinski definition) is 13. The van der Waals surface area contributed by atoms with Crippen LogP contribution in [0, 0.1) is 0 Å². The Morgan fingerprint density at radius 3 is 2.43 bits per heavy atom. The number of nitrogens with one attached hydrogen (secondary N) is 3. The second-order valence-electron chi connectivity index (χ2n) is 17.3. The fourth-order valence-electron chi connectivity index (χ4n) is 9.31. The Labute approximate surface area is 374 Å². The zero-order chi connectivity index (χ0) is 44.4. The predicted octanol–water partition coefficient (Wildman–Crippen LogP) is 5.92. The first-order chi connectivity index (χ1) is 30.3. The number of nitrogens with zero attached hydrogens (tertiary/aromatic N) is 7.